The number of hydrogen-bond acceptors (Lipinski definition) is 3. The van der Waals surface area contributed by atoms with Crippen LogP contribution in [0.15, 0.2) is 18.3 Å². The van der Waals surface area contributed by atoms with Gasteiger partial charge in [-0.1, -0.05) is 32.1 Å². The summed E-state index contributed by atoms with van der Waals surface area (Å²) >= 11 is 0. The molecule has 0 radical (unpaired) electrons. The Morgan fingerprint density at radius 3 is 2.54 bits per heavy atom. The van der Waals surface area contributed by atoms with Crippen molar-refractivity contribution in [2.75, 3.05) is 13.2 Å². The van der Waals surface area contributed by atoms with Crippen molar-refractivity contribution < 1.29 is 23.1 Å². The van der Waals surface area contributed by atoms with E-state index < -0.39 is 17.8 Å². The monoisotopic (exact) mass is 344 g/mol. The summed E-state index contributed by atoms with van der Waals surface area (Å²) in [5, 5.41) is 12.2. The van der Waals surface area contributed by atoms with Gasteiger partial charge in [-0.05, 0) is 30.4 Å². The van der Waals surface area contributed by atoms with Crippen LogP contribution >= 0.6 is 0 Å². The molecule has 1 aliphatic carbocycles. The van der Waals surface area contributed by atoms with Crippen molar-refractivity contribution in [3.8, 4) is 0 Å². The second-order valence-corrected chi connectivity index (χ2v) is 6.43. The Kier molecular flexibility index (Phi) is 6.60. The second kappa shape index (κ2) is 8.46. The molecule has 1 aromatic heterocycles. The molecule has 0 saturated heterocycles. The predicted octanol–water partition coefficient (Wildman–Crippen LogP) is 3.41. The van der Waals surface area contributed by atoms with Gasteiger partial charge in [0.1, 0.15) is 5.69 Å². The number of carbonyl (C=O) groups is 1. The zero-order valence-electron chi connectivity index (χ0n) is 13.5. The molecule has 1 aliphatic rings. The van der Waals surface area contributed by atoms with Gasteiger partial charge in [0.25, 0.3) is 5.91 Å². The third-order valence-corrected chi connectivity index (χ3v) is 4.52. The molecule has 1 fully saturated rings. The van der Waals surface area contributed by atoms with Gasteiger partial charge in [0.15, 0.2) is 0 Å². The molecule has 0 bridgehead atoms. The summed E-state index contributed by atoms with van der Waals surface area (Å²) in [6.45, 7) is 0.300. The van der Waals surface area contributed by atoms with Gasteiger partial charge in [0.05, 0.1) is 5.56 Å². The number of aliphatic hydroxyl groups is 1. The molecule has 7 heteroatoms. The van der Waals surface area contributed by atoms with E-state index in [2.05, 4.69) is 10.3 Å². The highest BCUT2D eigenvalue weighted by Gasteiger charge is 2.32. The van der Waals surface area contributed by atoms with Crippen LogP contribution in [0, 0.1) is 11.8 Å². The van der Waals surface area contributed by atoms with E-state index in [1.807, 2.05) is 0 Å². The average molecular weight is 344 g/mol. The lowest BCUT2D eigenvalue weighted by Gasteiger charge is -2.25. The van der Waals surface area contributed by atoms with Crippen molar-refractivity contribution in [2.45, 2.75) is 44.7 Å². The molecule has 0 aromatic carbocycles. The average Bonchev–Trinajstić information content (AvgIpc) is 2.58. The fraction of sp³-hybridized carbons (Fsp3) is 0.647. The molecule has 2 N–H and O–H groups in total. The molecule has 2 rings (SSSR count). The summed E-state index contributed by atoms with van der Waals surface area (Å²) in [4.78, 5) is 15.3. The smallest absolute Gasteiger partial charge is 0.396 e. The zero-order chi connectivity index (χ0) is 17.6. The molecule has 1 amide bonds. The van der Waals surface area contributed by atoms with Gasteiger partial charge in [-0.3, -0.25) is 9.78 Å². The number of carbonyl (C=O) groups excluding carboxylic acids is 1. The van der Waals surface area contributed by atoms with E-state index in [1.165, 1.54) is 19.3 Å². The Hall–Kier alpha value is -1.63. The second-order valence-electron chi connectivity index (χ2n) is 6.43. The summed E-state index contributed by atoms with van der Waals surface area (Å²) in [7, 11) is 0. The van der Waals surface area contributed by atoms with Crippen molar-refractivity contribution in [3.63, 3.8) is 0 Å². The van der Waals surface area contributed by atoms with Gasteiger partial charge < -0.3 is 10.4 Å². The molecule has 1 atom stereocenters. The first-order chi connectivity index (χ1) is 11.4. The number of nitrogens with one attached hydrogen (secondary N) is 1. The largest absolute Gasteiger partial charge is 0.433 e. The third kappa shape index (κ3) is 5.47. The van der Waals surface area contributed by atoms with Crippen molar-refractivity contribution >= 4 is 5.91 Å². The number of alkyl halides is 3. The number of hydrogen-bond donors (Lipinski definition) is 2. The van der Waals surface area contributed by atoms with Crippen molar-refractivity contribution in [2.24, 2.45) is 11.8 Å². The minimum atomic E-state index is -4.52. The van der Waals surface area contributed by atoms with E-state index >= 15 is 0 Å². The lowest BCUT2D eigenvalue weighted by Crippen LogP contribution is -2.32. The van der Waals surface area contributed by atoms with Gasteiger partial charge in [0, 0.05) is 19.3 Å². The summed E-state index contributed by atoms with van der Waals surface area (Å²) in [5.41, 5.74) is -0.943. The summed E-state index contributed by atoms with van der Waals surface area (Å²) in [6.07, 6.45) is 3.28. The highest BCUT2D eigenvalue weighted by molar-refractivity contribution is 5.93. The van der Waals surface area contributed by atoms with Crippen LogP contribution in [0.4, 0.5) is 13.2 Å². The first-order valence-electron chi connectivity index (χ1n) is 8.32. The van der Waals surface area contributed by atoms with Crippen molar-refractivity contribution in [3.05, 3.63) is 29.6 Å². The fourth-order valence-corrected chi connectivity index (χ4v) is 3.15. The standard InChI is InChI=1S/C17H23F3N2O2/c18-17(19,20)15-7-6-14(10-21-15)16(24)22-9-13(11-23)8-12-4-2-1-3-5-12/h6-7,10,12-13,23H,1-5,8-9,11H2,(H,22,24). The topological polar surface area (TPSA) is 62.2 Å². The van der Waals surface area contributed by atoms with E-state index in [0.29, 0.717) is 12.5 Å². The van der Waals surface area contributed by atoms with Crippen LogP contribution < -0.4 is 5.32 Å². The molecule has 1 heterocycles. The van der Waals surface area contributed by atoms with Crippen LogP contribution in [-0.2, 0) is 6.18 Å². The minimum Gasteiger partial charge on any atom is -0.396 e. The van der Waals surface area contributed by atoms with Gasteiger partial charge in [0.2, 0.25) is 0 Å². The van der Waals surface area contributed by atoms with Crippen LogP contribution in [0.5, 0.6) is 0 Å². The number of nitrogens with zero attached hydrogens (tertiary/aromatic N) is 1. The van der Waals surface area contributed by atoms with Crippen molar-refractivity contribution in [1.29, 1.82) is 0 Å². The van der Waals surface area contributed by atoms with Gasteiger partial charge in [-0.25, -0.2) is 0 Å². The predicted molar refractivity (Wildman–Crippen MR) is 83.3 cm³/mol. The third-order valence-electron chi connectivity index (χ3n) is 4.52. The minimum absolute atomic E-state index is 0.0119. The maximum Gasteiger partial charge on any atom is 0.433 e. The Morgan fingerprint density at radius 1 is 1.29 bits per heavy atom. The Balaban J connectivity index is 1.84. The maximum atomic E-state index is 12.5. The molecule has 24 heavy (non-hydrogen) atoms. The molecule has 1 aromatic rings. The molecule has 134 valence electrons. The number of aromatic nitrogens is 1. The van der Waals surface area contributed by atoms with Crippen LogP contribution in [0.1, 0.15) is 54.6 Å². The van der Waals surface area contributed by atoms with E-state index in [-0.39, 0.29) is 18.1 Å². The van der Waals surface area contributed by atoms with E-state index in [9.17, 15) is 23.1 Å². The lowest BCUT2D eigenvalue weighted by molar-refractivity contribution is -0.141. The summed E-state index contributed by atoms with van der Waals surface area (Å²) in [6, 6.07) is 1.90. The van der Waals surface area contributed by atoms with Crippen LogP contribution in [0.25, 0.3) is 0 Å². The molecular weight excluding hydrogens is 321 g/mol. The molecular formula is C17H23F3N2O2. The number of rotatable bonds is 6. The number of pyridine rings is 1. The van der Waals surface area contributed by atoms with Crippen LogP contribution in [-0.4, -0.2) is 29.1 Å². The lowest BCUT2D eigenvalue weighted by atomic mass is 9.83. The Labute approximate surface area is 139 Å². The summed E-state index contributed by atoms with van der Waals surface area (Å²) in [5.74, 6) is 0.0818. The van der Waals surface area contributed by atoms with Crippen LogP contribution in [0.3, 0.4) is 0 Å². The summed E-state index contributed by atoms with van der Waals surface area (Å²) < 4.78 is 37.4. The first kappa shape index (κ1) is 18.7. The highest BCUT2D eigenvalue weighted by atomic mass is 19.4. The fourth-order valence-electron chi connectivity index (χ4n) is 3.15. The molecule has 1 saturated carbocycles. The zero-order valence-corrected chi connectivity index (χ0v) is 13.5. The molecule has 1 unspecified atom stereocenters. The van der Waals surface area contributed by atoms with E-state index in [0.717, 1.165) is 37.6 Å². The highest BCUT2D eigenvalue weighted by Crippen LogP contribution is 2.29. The normalized spacial score (nSPS) is 17.5. The number of amides is 1. The molecule has 0 spiro atoms. The van der Waals surface area contributed by atoms with E-state index in [4.69, 9.17) is 0 Å². The maximum absolute atomic E-state index is 12.5. The van der Waals surface area contributed by atoms with Gasteiger partial charge >= 0.3 is 6.18 Å². The molecule has 0 aliphatic heterocycles. The van der Waals surface area contributed by atoms with Crippen LogP contribution in [0.2, 0.25) is 0 Å². The Morgan fingerprint density at radius 2 is 2.00 bits per heavy atom. The number of halogens is 3. The number of aliphatic hydroxyl groups excluding tert-OH is 1. The Bertz CT molecular complexity index is 526. The van der Waals surface area contributed by atoms with Crippen molar-refractivity contribution in [1.82, 2.24) is 10.3 Å². The quantitative estimate of drug-likeness (QED) is 0.831. The first-order valence-corrected chi connectivity index (χ1v) is 8.32. The molecule has 4 nitrogen and oxygen atoms in total. The van der Waals surface area contributed by atoms with Gasteiger partial charge in [-0.2, -0.15) is 13.2 Å². The van der Waals surface area contributed by atoms with E-state index in [1.54, 1.807) is 0 Å². The van der Waals surface area contributed by atoms with Gasteiger partial charge in [-0.15, -0.1) is 0 Å². The SMILES string of the molecule is O=C(NCC(CO)CC1CCCCC1)c1ccc(C(F)(F)F)nc1.